The maximum atomic E-state index is 12.5. The van der Waals surface area contributed by atoms with E-state index in [1.807, 2.05) is 0 Å². The molecule has 0 spiro atoms. The van der Waals surface area contributed by atoms with Crippen LogP contribution < -0.4 is 11.5 Å². The van der Waals surface area contributed by atoms with Gasteiger partial charge in [0.25, 0.3) is 0 Å². The van der Waals surface area contributed by atoms with Crippen molar-refractivity contribution in [2.24, 2.45) is 18.7 Å². The standard InChI is InChI=1S/C11H19N5O3S/c1-15-7-9(11(13)14-15)20(18,19)16-4-2-8(3-5-16)6-10(12)17/h7-8H,2-6H2,1H3,(H2,12,17)(H2,13,14). The van der Waals surface area contributed by atoms with Crippen LogP contribution in [0.1, 0.15) is 19.3 Å². The highest BCUT2D eigenvalue weighted by molar-refractivity contribution is 7.89. The zero-order chi connectivity index (χ0) is 14.9. The fourth-order valence-electron chi connectivity index (χ4n) is 2.46. The lowest BCUT2D eigenvalue weighted by Crippen LogP contribution is -2.39. The van der Waals surface area contributed by atoms with Crippen LogP contribution in [0.3, 0.4) is 0 Å². The summed E-state index contributed by atoms with van der Waals surface area (Å²) in [6, 6.07) is 0. The van der Waals surface area contributed by atoms with Crippen molar-refractivity contribution in [2.75, 3.05) is 18.8 Å². The molecular weight excluding hydrogens is 282 g/mol. The number of aryl methyl sites for hydroxylation is 1. The van der Waals surface area contributed by atoms with Crippen molar-refractivity contribution in [1.82, 2.24) is 14.1 Å². The number of rotatable bonds is 4. The number of nitrogens with zero attached hydrogens (tertiary/aromatic N) is 3. The second-order valence-corrected chi connectivity index (χ2v) is 6.98. The fourth-order valence-corrected chi connectivity index (χ4v) is 4.02. The van der Waals surface area contributed by atoms with Gasteiger partial charge in [-0.2, -0.15) is 9.40 Å². The number of carbonyl (C=O) groups is 1. The summed E-state index contributed by atoms with van der Waals surface area (Å²) in [5.41, 5.74) is 10.8. The van der Waals surface area contributed by atoms with Crippen LogP contribution in [-0.2, 0) is 21.9 Å². The van der Waals surface area contributed by atoms with Gasteiger partial charge in [0.2, 0.25) is 15.9 Å². The summed E-state index contributed by atoms with van der Waals surface area (Å²) < 4.78 is 27.7. The summed E-state index contributed by atoms with van der Waals surface area (Å²) in [6.45, 7) is 0.739. The Hall–Kier alpha value is -1.61. The number of nitrogens with two attached hydrogens (primary N) is 2. The quantitative estimate of drug-likeness (QED) is 0.759. The number of carbonyl (C=O) groups excluding carboxylic acids is 1. The number of primary amides is 1. The van der Waals surface area contributed by atoms with Crippen molar-refractivity contribution in [1.29, 1.82) is 0 Å². The van der Waals surface area contributed by atoms with Crippen molar-refractivity contribution in [3.63, 3.8) is 0 Å². The third-order valence-electron chi connectivity index (χ3n) is 3.50. The molecule has 4 N–H and O–H groups in total. The Balaban J connectivity index is 2.10. The largest absolute Gasteiger partial charge is 0.381 e. The minimum absolute atomic E-state index is 0.00626. The molecule has 112 valence electrons. The van der Waals surface area contributed by atoms with Crippen LogP contribution >= 0.6 is 0 Å². The molecule has 1 saturated heterocycles. The first-order valence-electron chi connectivity index (χ1n) is 6.38. The number of sulfonamides is 1. The Morgan fingerprint density at radius 3 is 2.50 bits per heavy atom. The zero-order valence-electron chi connectivity index (χ0n) is 11.3. The van der Waals surface area contributed by atoms with Crippen LogP contribution in [0, 0.1) is 5.92 Å². The van der Waals surface area contributed by atoms with E-state index in [1.54, 1.807) is 7.05 Å². The van der Waals surface area contributed by atoms with Crippen molar-refractivity contribution < 1.29 is 13.2 Å². The van der Waals surface area contributed by atoms with Gasteiger partial charge in [0, 0.05) is 32.8 Å². The van der Waals surface area contributed by atoms with E-state index in [9.17, 15) is 13.2 Å². The smallest absolute Gasteiger partial charge is 0.248 e. The Labute approximate surface area is 117 Å². The van der Waals surface area contributed by atoms with Crippen LogP contribution in [0.15, 0.2) is 11.1 Å². The number of hydrogen-bond donors (Lipinski definition) is 2. The van der Waals surface area contributed by atoms with Crippen molar-refractivity contribution in [2.45, 2.75) is 24.2 Å². The van der Waals surface area contributed by atoms with Crippen molar-refractivity contribution >= 4 is 21.7 Å². The molecule has 0 aliphatic carbocycles. The average molecular weight is 301 g/mol. The van der Waals surface area contributed by atoms with Gasteiger partial charge in [-0.05, 0) is 18.8 Å². The number of anilines is 1. The predicted octanol–water partition coefficient (Wildman–Crippen LogP) is -0.722. The van der Waals surface area contributed by atoms with E-state index in [0.29, 0.717) is 32.4 Å². The molecule has 0 saturated carbocycles. The van der Waals surface area contributed by atoms with Crippen LogP contribution in [0.4, 0.5) is 5.82 Å². The highest BCUT2D eigenvalue weighted by Crippen LogP contribution is 2.27. The minimum atomic E-state index is -3.61. The molecule has 1 aliphatic rings. The third kappa shape index (κ3) is 2.93. The number of amides is 1. The second kappa shape index (κ2) is 5.41. The Morgan fingerprint density at radius 2 is 2.05 bits per heavy atom. The van der Waals surface area contributed by atoms with Gasteiger partial charge in [-0.25, -0.2) is 8.42 Å². The fraction of sp³-hybridized carbons (Fsp3) is 0.636. The van der Waals surface area contributed by atoms with Crippen LogP contribution in [-0.4, -0.2) is 41.5 Å². The SMILES string of the molecule is Cn1cc(S(=O)(=O)N2CCC(CC(N)=O)CC2)c(N)n1. The van der Waals surface area contributed by atoms with Gasteiger partial charge in [0.1, 0.15) is 4.90 Å². The topological polar surface area (TPSA) is 124 Å². The molecule has 1 aromatic rings. The highest BCUT2D eigenvalue weighted by Gasteiger charge is 2.32. The summed E-state index contributed by atoms with van der Waals surface area (Å²) in [6.07, 6.45) is 2.97. The van der Waals surface area contributed by atoms with E-state index in [-0.39, 0.29) is 22.5 Å². The molecule has 1 fully saturated rings. The molecule has 9 heteroatoms. The van der Waals surface area contributed by atoms with Gasteiger partial charge in [0.15, 0.2) is 5.82 Å². The van der Waals surface area contributed by atoms with Gasteiger partial charge in [-0.15, -0.1) is 0 Å². The van der Waals surface area contributed by atoms with Gasteiger partial charge in [0.05, 0.1) is 0 Å². The van der Waals surface area contributed by atoms with E-state index in [1.165, 1.54) is 15.2 Å². The summed E-state index contributed by atoms with van der Waals surface area (Å²) in [5.74, 6) is -0.181. The molecule has 0 unspecified atom stereocenters. The van der Waals surface area contributed by atoms with Crippen LogP contribution in [0.25, 0.3) is 0 Å². The highest BCUT2D eigenvalue weighted by atomic mass is 32.2. The van der Waals surface area contributed by atoms with Gasteiger partial charge < -0.3 is 11.5 Å². The van der Waals surface area contributed by atoms with Gasteiger partial charge >= 0.3 is 0 Å². The molecular formula is C11H19N5O3S. The molecule has 0 radical (unpaired) electrons. The lowest BCUT2D eigenvalue weighted by molar-refractivity contribution is -0.119. The lowest BCUT2D eigenvalue weighted by atomic mass is 9.94. The Morgan fingerprint density at radius 1 is 1.45 bits per heavy atom. The van der Waals surface area contributed by atoms with Crippen molar-refractivity contribution in [3.8, 4) is 0 Å². The number of piperidine rings is 1. The monoisotopic (exact) mass is 301 g/mol. The van der Waals surface area contributed by atoms with E-state index in [0.717, 1.165) is 0 Å². The van der Waals surface area contributed by atoms with Gasteiger partial charge in [-0.3, -0.25) is 9.48 Å². The molecule has 8 nitrogen and oxygen atoms in total. The average Bonchev–Trinajstić information content (AvgIpc) is 2.69. The molecule has 1 amide bonds. The first-order valence-corrected chi connectivity index (χ1v) is 7.82. The van der Waals surface area contributed by atoms with Crippen molar-refractivity contribution in [3.05, 3.63) is 6.20 Å². The maximum absolute atomic E-state index is 12.5. The first-order chi connectivity index (χ1) is 9.30. The first kappa shape index (κ1) is 14.8. The normalized spacial score (nSPS) is 18.2. The number of nitrogen functional groups attached to an aromatic ring is 1. The molecule has 2 rings (SSSR count). The molecule has 1 aliphatic heterocycles. The summed E-state index contributed by atoms with van der Waals surface area (Å²) in [4.78, 5) is 10.9. The van der Waals surface area contributed by atoms with E-state index in [2.05, 4.69) is 5.10 Å². The lowest BCUT2D eigenvalue weighted by Gasteiger charge is -2.30. The van der Waals surface area contributed by atoms with Crippen LogP contribution in [0.5, 0.6) is 0 Å². The van der Waals surface area contributed by atoms with Gasteiger partial charge in [-0.1, -0.05) is 0 Å². The van der Waals surface area contributed by atoms with E-state index in [4.69, 9.17) is 11.5 Å². The third-order valence-corrected chi connectivity index (χ3v) is 5.42. The molecule has 0 bridgehead atoms. The summed E-state index contributed by atoms with van der Waals surface area (Å²) in [7, 11) is -2.00. The van der Waals surface area contributed by atoms with E-state index >= 15 is 0 Å². The second-order valence-electron chi connectivity index (χ2n) is 5.07. The molecule has 0 aromatic carbocycles. The summed E-state index contributed by atoms with van der Waals surface area (Å²) >= 11 is 0. The Bertz CT molecular complexity index is 602. The van der Waals surface area contributed by atoms with Crippen LogP contribution in [0.2, 0.25) is 0 Å². The minimum Gasteiger partial charge on any atom is -0.381 e. The maximum Gasteiger partial charge on any atom is 0.248 e. The zero-order valence-corrected chi connectivity index (χ0v) is 12.1. The molecule has 20 heavy (non-hydrogen) atoms. The molecule has 1 aromatic heterocycles. The van der Waals surface area contributed by atoms with E-state index < -0.39 is 10.0 Å². The molecule has 2 heterocycles. The number of hydrogen-bond acceptors (Lipinski definition) is 5. The predicted molar refractivity (Wildman–Crippen MR) is 72.9 cm³/mol. The molecule has 0 atom stereocenters. The summed E-state index contributed by atoms with van der Waals surface area (Å²) in [5, 5.41) is 3.85. The Kier molecular flexibility index (Phi) is 4.00. The number of aromatic nitrogens is 2.